The van der Waals surface area contributed by atoms with Crippen molar-refractivity contribution in [2.75, 3.05) is 12.4 Å². The van der Waals surface area contributed by atoms with Gasteiger partial charge < -0.3 is 10.1 Å². The van der Waals surface area contributed by atoms with Crippen molar-refractivity contribution in [2.45, 2.75) is 18.9 Å². The molecule has 0 unspecified atom stereocenters. The van der Waals surface area contributed by atoms with Crippen molar-refractivity contribution in [1.82, 2.24) is 15.0 Å². The summed E-state index contributed by atoms with van der Waals surface area (Å²) >= 11 is 0. The summed E-state index contributed by atoms with van der Waals surface area (Å²) in [5.74, 6) is 0.422. The van der Waals surface area contributed by atoms with Crippen molar-refractivity contribution in [3.05, 3.63) is 66.5 Å². The van der Waals surface area contributed by atoms with Crippen LogP contribution in [0.2, 0.25) is 0 Å². The second kappa shape index (κ2) is 7.33. The number of rotatable bonds is 5. The third-order valence-corrected chi connectivity index (χ3v) is 5.02. The molecular formula is C23H18F2N4O. The second-order valence-electron chi connectivity index (χ2n) is 7.29. The summed E-state index contributed by atoms with van der Waals surface area (Å²) in [6, 6.07) is 11.1. The smallest absolute Gasteiger partial charge is 0.163 e. The summed E-state index contributed by atoms with van der Waals surface area (Å²) in [4.78, 5) is 13.6. The van der Waals surface area contributed by atoms with Crippen LogP contribution in [-0.4, -0.2) is 28.1 Å². The highest BCUT2D eigenvalue weighted by molar-refractivity contribution is 5.98. The van der Waals surface area contributed by atoms with Crippen LogP contribution in [0, 0.1) is 11.6 Å². The molecule has 0 spiro atoms. The van der Waals surface area contributed by atoms with Crippen LogP contribution >= 0.6 is 0 Å². The molecule has 0 amide bonds. The van der Waals surface area contributed by atoms with Gasteiger partial charge in [-0.2, -0.15) is 0 Å². The van der Waals surface area contributed by atoms with Gasteiger partial charge in [0.25, 0.3) is 0 Å². The number of pyridine rings is 1. The molecular weight excluding hydrogens is 386 g/mol. The molecule has 5 nitrogen and oxygen atoms in total. The van der Waals surface area contributed by atoms with Crippen LogP contribution < -0.4 is 10.1 Å². The van der Waals surface area contributed by atoms with E-state index in [0.717, 1.165) is 29.9 Å². The maximum Gasteiger partial charge on any atom is 0.163 e. The first kappa shape index (κ1) is 18.4. The highest BCUT2D eigenvalue weighted by Gasteiger charge is 2.24. The normalized spacial score (nSPS) is 13.4. The fourth-order valence-corrected chi connectivity index (χ4v) is 3.40. The van der Waals surface area contributed by atoms with E-state index in [0.29, 0.717) is 40.1 Å². The number of hydrogen-bond acceptors (Lipinski definition) is 5. The van der Waals surface area contributed by atoms with E-state index in [1.54, 1.807) is 25.6 Å². The lowest BCUT2D eigenvalue weighted by Gasteiger charge is -2.14. The number of fused-ring (bicyclic) bond motifs is 1. The zero-order chi connectivity index (χ0) is 20.7. The van der Waals surface area contributed by atoms with Gasteiger partial charge in [0.15, 0.2) is 5.82 Å². The average molecular weight is 404 g/mol. The summed E-state index contributed by atoms with van der Waals surface area (Å²) in [6.07, 6.45) is 5.54. The van der Waals surface area contributed by atoms with E-state index in [4.69, 9.17) is 14.7 Å². The zero-order valence-electron chi connectivity index (χ0n) is 16.2. The molecule has 0 saturated heterocycles. The molecule has 4 aromatic rings. The molecule has 2 heterocycles. The minimum absolute atomic E-state index is 0.353. The number of benzene rings is 2. The average Bonchev–Trinajstić information content (AvgIpc) is 3.57. The number of nitrogens with one attached hydrogen (secondary N) is 1. The molecule has 0 bridgehead atoms. The molecule has 7 heteroatoms. The minimum Gasteiger partial charge on any atom is -0.494 e. The van der Waals surface area contributed by atoms with E-state index < -0.39 is 11.6 Å². The van der Waals surface area contributed by atoms with Crippen LogP contribution in [-0.2, 0) is 0 Å². The molecule has 0 radical (unpaired) electrons. The summed E-state index contributed by atoms with van der Waals surface area (Å²) in [7, 11) is 1.55. The van der Waals surface area contributed by atoms with E-state index >= 15 is 0 Å². The Morgan fingerprint density at radius 2 is 1.73 bits per heavy atom. The number of anilines is 1. The van der Waals surface area contributed by atoms with Crippen molar-refractivity contribution in [1.29, 1.82) is 0 Å². The summed E-state index contributed by atoms with van der Waals surface area (Å²) < 4.78 is 33.2. The van der Waals surface area contributed by atoms with E-state index in [9.17, 15) is 8.78 Å². The maximum absolute atomic E-state index is 13.8. The minimum atomic E-state index is -0.636. The standard InChI is InChI=1S/C23H18F2N4O/c1-30-20-10-15(14-7-16(24)11-17(25)8-14)9-19-21(20)28-22(13-3-2-6-26-12-13)29-23(19)27-18-4-5-18/h2-3,6-12,18H,4-5H2,1H3,(H,27,28,29). The van der Waals surface area contributed by atoms with Gasteiger partial charge in [0.1, 0.15) is 28.7 Å². The number of nitrogens with zero attached hydrogens (tertiary/aromatic N) is 3. The number of methoxy groups -OCH3 is 1. The van der Waals surface area contributed by atoms with Crippen molar-refractivity contribution in [2.24, 2.45) is 0 Å². The molecule has 150 valence electrons. The van der Waals surface area contributed by atoms with Crippen LogP contribution in [0.3, 0.4) is 0 Å². The summed E-state index contributed by atoms with van der Waals surface area (Å²) in [6.45, 7) is 0. The predicted octanol–water partition coefficient (Wildman–Crippen LogP) is 5.22. The second-order valence-corrected chi connectivity index (χ2v) is 7.29. The molecule has 1 N–H and O–H groups in total. The lowest BCUT2D eigenvalue weighted by Crippen LogP contribution is -2.06. The van der Waals surface area contributed by atoms with Crippen LogP contribution in [0.4, 0.5) is 14.6 Å². The van der Waals surface area contributed by atoms with Crippen LogP contribution in [0.15, 0.2) is 54.9 Å². The van der Waals surface area contributed by atoms with Crippen molar-refractivity contribution in [3.63, 3.8) is 0 Å². The molecule has 5 rings (SSSR count). The van der Waals surface area contributed by atoms with E-state index in [2.05, 4.69) is 10.3 Å². The largest absolute Gasteiger partial charge is 0.494 e. The van der Waals surface area contributed by atoms with Gasteiger partial charge >= 0.3 is 0 Å². The third-order valence-electron chi connectivity index (χ3n) is 5.02. The van der Waals surface area contributed by atoms with Crippen LogP contribution in [0.25, 0.3) is 33.4 Å². The van der Waals surface area contributed by atoms with E-state index in [1.165, 1.54) is 12.1 Å². The Bertz CT molecular complexity index is 1220. The number of halogens is 2. The maximum atomic E-state index is 13.8. The van der Waals surface area contributed by atoms with Gasteiger partial charge in [0.2, 0.25) is 0 Å². The first-order chi connectivity index (χ1) is 14.6. The van der Waals surface area contributed by atoms with Gasteiger partial charge in [-0.15, -0.1) is 0 Å². The molecule has 1 aliphatic carbocycles. The van der Waals surface area contributed by atoms with Gasteiger partial charge in [0, 0.05) is 35.5 Å². The quantitative estimate of drug-likeness (QED) is 0.494. The fraction of sp³-hybridized carbons (Fsp3) is 0.174. The topological polar surface area (TPSA) is 59.9 Å². The van der Waals surface area contributed by atoms with Crippen molar-refractivity contribution < 1.29 is 13.5 Å². The number of ether oxygens (including phenoxy) is 1. The van der Waals surface area contributed by atoms with Gasteiger partial charge in [0.05, 0.1) is 7.11 Å². The Morgan fingerprint density at radius 1 is 0.967 bits per heavy atom. The Kier molecular flexibility index (Phi) is 4.50. The predicted molar refractivity (Wildman–Crippen MR) is 111 cm³/mol. The molecule has 1 aliphatic rings. The highest BCUT2D eigenvalue weighted by atomic mass is 19.1. The van der Waals surface area contributed by atoms with Crippen LogP contribution in [0.5, 0.6) is 5.75 Å². The number of aromatic nitrogens is 3. The van der Waals surface area contributed by atoms with Gasteiger partial charge in [-0.25, -0.2) is 18.7 Å². The lowest BCUT2D eigenvalue weighted by atomic mass is 10.0. The summed E-state index contributed by atoms with van der Waals surface area (Å²) in [5.41, 5.74) is 2.45. The molecule has 2 aromatic heterocycles. The number of hydrogen-bond donors (Lipinski definition) is 1. The SMILES string of the molecule is COc1cc(-c2cc(F)cc(F)c2)cc2c(NC3CC3)nc(-c3cccnc3)nc12. The molecule has 30 heavy (non-hydrogen) atoms. The van der Waals surface area contributed by atoms with Crippen LogP contribution in [0.1, 0.15) is 12.8 Å². The first-order valence-electron chi connectivity index (χ1n) is 9.64. The lowest BCUT2D eigenvalue weighted by molar-refractivity contribution is 0.419. The monoisotopic (exact) mass is 404 g/mol. The highest BCUT2D eigenvalue weighted by Crippen LogP contribution is 2.37. The molecule has 0 aliphatic heterocycles. The first-order valence-corrected chi connectivity index (χ1v) is 9.64. The zero-order valence-corrected chi connectivity index (χ0v) is 16.2. The van der Waals surface area contributed by atoms with Gasteiger partial charge in [-0.1, -0.05) is 0 Å². The molecule has 0 atom stereocenters. The molecule has 2 aromatic carbocycles. The molecule has 1 fully saturated rings. The molecule has 1 saturated carbocycles. The van der Waals surface area contributed by atoms with Gasteiger partial charge in [-0.3, -0.25) is 4.98 Å². The van der Waals surface area contributed by atoms with E-state index in [-0.39, 0.29) is 0 Å². The Hall–Kier alpha value is -3.61. The Labute approximate surface area is 171 Å². The van der Waals surface area contributed by atoms with Crippen molar-refractivity contribution in [3.8, 4) is 28.3 Å². The van der Waals surface area contributed by atoms with Gasteiger partial charge in [-0.05, 0) is 60.4 Å². The van der Waals surface area contributed by atoms with Crippen molar-refractivity contribution >= 4 is 16.7 Å². The Balaban J connectivity index is 1.75. The third kappa shape index (κ3) is 3.54. The van der Waals surface area contributed by atoms with E-state index in [1.807, 2.05) is 18.2 Å². The Morgan fingerprint density at radius 3 is 2.40 bits per heavy atom. The summed E-state index contributed by atoms with van der Waals surface area (Å²) in [5, 5.41) is 4.18. The fourth-order valence-electron chi connectivity index (χ4n) is 3.40.